The van der Waals surface area contributed by atoms with Crippen LogP contribution in [-0.4, -0.2) is 22.9 Å². The molecule has 2 aromatic rings. The third-order valence-corrected chi connectivity index (χ3v) is 2.48. The second kappa shape index (κ2) is 4.83. The lowest BCUT2D eigenvalue weighted by Gasteiger charge is -2.09. The molecule has 0 saturated carbocycles. The number of hydrogen-bond acceptors (Lipinski definition) is 5. The summed E-state index contributed by atoms with van der Waals surface area (Å²) < 4.78 is 5.10. The van der Waals surface area contributed by atoms with E-state index >= 15 is 0 Å². The van der Waals surface area contributed by atoms with Crippen LogP contribution in [0.3, 0.4) is 0 Å². The Kier molecular flexibility index (Phi) is 3.23. The highest BCUT2D eigenvalue weighted by Gasteiger charge is 2.17. The molecule has 92 valence electrons. The minimum absolute atomic E-state index is 0.133. The fourth-order valence-corrected chi connectivity index (χ4v) is 1.65. The topological polar surface area (TPSA) is 78.1 Å². The number of nitrogens with zero attached hydrogens (tertiary/aromatic N) is 2. The van der Waals surface area contributed by atoms with Gasteiger partial charge in [-0.05, 0) is 6.92 Å². The number of anilines is 1. The molecule has 2 rings (SSSR count). The van der Waals surface area contributed by atoms with Gasteiger partial charge in [0.2, 0.25) is 5.88 Å². The van der Waals surface area contributed by atoms with Crippen molar-refractivity contribution in [1.29, 1.82) is 0 Å². The Hall–Kier alpha value is -2.43. The third kappa shape index (κ3) is 2.15. The van der Waals surface area contributed by atoms with Crippen LogP contribution in [0.5, 0.6) is 5.88 Å². The summed E-state index contributed by atoms with van der Waals surface area (Å²) in [5.41, 5.74) is 6.82. The smallest absolute Gasteiger partial charge is 0.230 e. The van der Waals surface area contributed by atoms with Crippen LogP contribution >= 0.6 is 0 Å². The standard InChI is InChI=1S/C13H13N3O2/c1-8(17)10-11(14)15-12(16-13(10)18-2)9-6-4-3-5-7-9/h3-7H,1-2H3,(H2,14,15,16). The van der Waals surface area contributed by atoms with Gasteiger partial charge in [-0.25, -0.2) is 4.98 Å². The molecule has 0 spiro atoms. The molecule has 1 heterocycles. The number of carbonyl (C=O) groups excluding carboxylic acids is 1. The zero-order valence-electron chi connectivity index (χ0n) is 10.2. The van der Waals surface area contributed by atoms with E-state index in [0.717, 1.165) is 5.56 Å². The molecule has 0 aliphatic carbocycles. The summed E-state index contributed by atoms with van der Waals surface area (Å²) in [6.07, 6.45) is 0. The molecule has 0 amide bonds. The SMILES string of the molecule is COc1nc(-c2ccccc2)nc(N)c1C(C)=O. The Morgan fingerprint density at radius 1 is 1.22 bits per heavy atom. The molecule has 0 saturated heterocycles. The molecule has 0 aliphatic heterocycles. The number of ether oxygens (including phenoxy) is 1. The maximum atomic E-state index is 11.5. The fraction of sp³-hybridized carbons (Fsp3) is 0.154. The van der Waals surface area contributed by atoms with Crippen LogP contribution in [0.25, 0.3) is 11.4 Å². The van der Waals surface area contributed by atoms with Gasteiger partial charge in [0.25, 0.3) is 0 Å². The minimum Gasteiger partial charge on any atom is -0.480 e. The number of carbonyl (C=O) groups is 1. The maximum Gasteiger partial charge on any atom is 0.230 e. The van der Waals surface area contributed by atoms with Crippen molar-refractivity contribution in [3.05, 3.63) is 35.9 Å². The molecule has 0 atom stereocenters. The molecular formula is C13H13N3O2. The van der Waals surface area contributed by atoms with Gasteiger partial charge in [0, 0.05) is 5.56 Å². The molecule has 5 nitrogen and oxygen atoms in total. The van der Waals surface area contributed by atoms with Crippen molar-refractivity contribution in [2.45, 2.75) is 6.92 Å². The van der Waals surface area contributed by atoms with Crippen molar-refractivity contribution in [3.63, 3.8) is 0 Å². The first-order valence-electron chi connectivity index (χ1n) is 5.41. The first kappa shape index (κ1) is 12.0. The highest BCUT2D eigenvalue weighted by molar-refractivity contribution is 6.00. The lowest BCUT2D eigenvalue weighted by atomic mass is 10.2. The predicted molar refractivity (Wildman–Crippen MR) is 68.4 cm³/mol. The number of rotatable bonds is 3. The average molecular weight is 243 g/mol. The second-order valence-electron chi connectivity index (χ2n) is 3.74. The van der Waals surface area contributed by atoms with E-state index in [9.17, 15) is 4.79 Å². The van der Waals surface area contributed by atoms with Gasteiger partial charge in [-0.3, -0.25) is 4.79 Å². The number of aromatic nitrogens is 2. The van der Waals surface area contributed by atoms with Crippen LogP contribution in [0, 0.1) is 0 Å². The van der Waals surface area contributed by atoms with Crippen molar-refractivity contribution in [2.24, 2.45) is 0 Å². The first-order chi connectivity index (χ1) is 8.63. The molecule has 2 N–H and O–H groups in total. The molecule has 1 aromatic heterocycles. The van der Waals surface area contributed by atoms with Crippen molar-refractivity contribution in [1.82, 2.24) is 9.97 Å². The zero-order valence-corrected chi connectivity index (χ0v) is 10.2. The van der Waals surface area contributed by atoms with E-state index in [1.807, 2.05) is 30.3 Å². The molecular weight excluding hydrogens is 230 g/mol. The summed E-state index contributed by atoms with van der Waals surface area (Å²) in [4.78, 5) is 19.8. The van der Waals surface area contributed by atoms with Crippen molar-refractivity contribution < 1.29 is 9.53 Å². The van der Waals surface area contributed by atoms with Gasteiger partial charge >= 0.3 is 0 Å². The average Bonchev–Trinajstić information content (AvgIpc) is 2.38. The van der Waals surface area contributed by atoms with Crippen LogP contribution < -0.4 is 10.5 Å². The van der Waals surface area contributed by atoms with Crippen LogP contribution in [0.2, 0.25) is 0 Å². The lowest BCUT2D eigenvalue weighted by Crippen LogP contribution is -2.08. The van der Waals surface area contributed by atoms with Crippen LogP contribution in [0.1, 0.15) is 17.3 Å². The molecule has 5 heteroatoms. The van der Waals surface area contributed by atoms with Gasteiger partial charge in [0.15, 0.2) is 11.6 Å². The number of methoxy groups -OCH3 is 1. The van der Waals surface area contributed by atoms with Crippen LogP contribution in [0.15, 0.2) is 30.3 Å². The van der Waals surface area contributed by atoms with Gasteiger partial charge in [0.1, 0.15) is 11.4 Å². The van der Waals surface area contributed by atoms with E-state index in [1.165, 1.54) is 14.0 Å². The van der Waals surface area contributed by atoms with Gasteiger partial charge < -0.3 is 10.5 Å². The Morgan fingerprint density at radius 3 is 2.44 bits per heavy atom. The Balaban J connectivity index is 2.60. The quantitative estimate of drug-likeness (QED) is 0.833. The van der Waals surface area contributed by atoms with E-state index in [-0.39, 0.29) is 23.0 Å². The summed E-state index contributed by atoms with van der Waals surface area (Å²) in [7, 11) is 1.45. The molecule has 0 unspecified atom stereocenters. The Morgan fingerprint density at radius 2 is 1.89 bits per heavy atom. The van der Waals surface area contributed by atoms with Crippen molar-refractivity contribution >= 4 is 11.6 Å². The summed E-state index contributed by atoms with van der Waals surface area (Å²) in [5.74, 6) is 0.556. The van der Waals surface area contributed by atoms with E-state index in [4.69, 9.17) is 10.5 Å². The molecule has 0 bridgehead atoms. The van der Waals surface area contributed by atoms with E-state index in [0.29, 0.717) is 5.82 Å². The van der Waals surface area contributed by atoms with Gasteiger partial charge in [-0.2, -0.15) is 4.98 Å². The monoisotopic (exact) mass is 243 g/mol. The van der Waals surface area contributed by atoms with Crippen LogP contribution in [-0.2, 0) is 0 Å². The highest BCUT2D eigenvalue weighted by atomic mass is 16.5. The summed E-state index contributed by atoms with van der Waals surface area (Å²) >= 11 is 0. The lowest BCUT2D eigenvalue weighted by molar-refractivity contribution is 0.101. The number of ketones is 1. The highest BCUT2D eigenvalue weighted by Crippen LogP contribution is 2.25. The maximum absolute atomic E-state index is 11.5. The van der Waals surface area contributed by atoms with E-state index in [2.05, 4.69) is 9.97 Å². The number of benzene rings is 1. The minimum atomic E-state index is -0.219. The summed E-state index contributed by atoms with van der Waals surface area (Å²) in [5, 5.41) is 0. The molecule has 1 aromatic carbocycles. The molecule has 0 fully saturated rings. The number of hydrogen-bond donors (Lipinski definition) is 1. The second-order valence-corrected chi connectivity index (χ2v) is 3.74. The normalized spacial score (nSPS) is 10.1. The Labute approximate surface area is 105 Å². The summed E-state index contributed by atoms with van der Waals surface area (Å²) in [6, 6.07) is 9.37. The van der Waals surface area contributed by atoms with Crippen molar-refractivity contribution in [3.8, 4) is 17.3 Å². The molecule has 0 radical (unpaired) electrons. The number of Topliss-reactive ketones (excluding diaryl/α,β-unsaturated/α-hetero) is 1. The number of nitrogen functional groups attached to an aromatic ring is 1. The largest absolute Gasteiger partial charge is 0.480 e. The first-order valence-corrected chi connectivity index (χ1v) is 5.41. The zero-order chi connectivity index (χ0) is 13.1. The van der Waals surface area contributed by atoms with Gasteiger partial charge in [-0.1, -0.05) is 30.3 Å². The molecule has 0 aliphatic rings. The van der Waals surface area contributed by atoms with Crippen molar-refractivity contribution in [2.75, 3.05) is 12.8 Å². The van der Waals surface area contributed by atoms with Gasteiger partial charge in [-0.15, -0.1) is 0 Å². The third-order valence-electron chi connectivity index (χ3n) is 2.48. The predicted octanol–water partition coefficient (Wildman–Crippen LogP) is 1.94. The van der Waals surface area contributed by atoms with E-state index in [1.54, 1.807) is 0 Å². The summed E-state index contributed by atoms with van der Waals surface area (Å²) in [6.45, 7) is 1.40. The number of nitrogens with two attached hydrogens (primary N) is 1. The molecule has 18 heavy (non-hydrogen) atoms. The van der Waals surface area contributed by atoms with Crippen LogP contribution in [0.4, 0.5) is 5.82 Å². The van der Waals surface area contributed by atoms with E-state index < -0.39 is 0 Å². The Bertz CT molecular complexity index is 582. The van der Waals surface area contributed by atoms with Gasteiger partial charge in [0.05, 0.1) is 7.11 Å². The fourth-order valence-electron chi connectivity index (χ4n) is 1.65.